The third kappa shape index (κ3) is 4.59. The number of nitrogens with zero attached hydrogens (tertiary/aromatic N) is 1. The summed E-state index contributed by atoms with van der Waals surface area (Å²) in [6.45, 7) is 9.96. The first-order valence-electron chi connectivity index (χ1n) is 6.02. The molecule has 0 saturated carbocycles. The van der Waals surface area contributed by atoms with Crippen molar-refractivity contribution in [2.45, 2.75) is 33.6 Å². The van der Waals surface area contributed by atoms with Crippen LogP contribution in [-0.4, -0.2) is 36.9 Å². The third-order valence-electron chi connectivity index (χ3n) is 2.70. The summed E-state index contributed by atoms with van der Waals surface area (Å²) in [6.07, 6.45) is 3.58. The van der Waals surface area contributed by atoms with Crippen molar-refractivity contribution >= 4 is 11.8 Å². The van der Waals surface area contributed by atoms with Crippen molar-refractivity contribution in [2.75, 3.05) is 20.1 Å². The molecule has 0 spiro atoms. The van der Waals surface area contributed by atoms with E-state index in [1.165, 1.54) is 0 Å². The van der Waals surface area contributed by atoms with Crippen molar-refractivity contribution in [2.24, 2.45) is 5.41 Å². The Balaban J connectivity index is 4.51. The van der Waals surface area contributed by atoms with Crippen molar-refractivity contribution in [3.05, 3.63) is 12.7 Å². The van der Waals surface area contributed by atoms with Gasteiger partial charge in [-0.15, -0.1) is 6.58 Å². The van der Waals surface area contributed by atoms with Gasteiger partial charge < -0.3 is 10.2 Å². The molecule has 0 aromatic rings. The summed E-state index contributed by atoms with van der Waals surface area (Å²) in [5.41, 5.74) is -1.02. The quantitative estimate of drug-likeness (QED) is 0.542. The molecule has 0 heterocycles. The normalized spacial score (nSPS) is 10.8. The number of carbonyl (C=O) groups excluding carboxylic acids is 2. The highest BCUT2D eigenvalue weighted by Gasteiger charge is 2.37. The summed E-state index contributed by atoms with van der Waals surface area (Å²) in [6, 6.07) is 0. The summed E-state index contributed by atoms with van der Waals surface area (Å²) in [7, 11) is 1.74. The molecule has 0 aliphatic rings. The lowest BCUT2D eigenvalue weighted by Crippen LogP contribution is -2.48. The van der Waals surface area contributed by atoms with Crippen LogP contribution in [0.2, 0.25) is 0 Å². The molecule has 0 unspecified atom stereocenters. The highest BCUT2D eigenvalue weighted by atomic mass is 16.2. The van der Waals surface area contributed by atoms with Gasteiger partial charge >= 0.3 is 0 Å². The third-order valence-corrected chi connectivity index (χ3v) is 2.70. The summed E-state index contributed by atoms with van der Waals surface area (Å²) in [5, 5.41) is 2.66. The van der Waals surface area contributed by atoms with Crippen LogP contribution in [0.3, 0.4) is 0 Å². The van der Waals surface area contributed by atoms with Gasteiger partial charge in [0.2, 0.25) is 11.8 Å². The maximum absolute atomic E-state index is 12.1. The number of unbranched alkanes of at least 4 members (excludes halogenated alkanes) is 1. The first-order valence-corrected chi connectivity index (χ1v) is 6.02. The zero-order chi connectivity index (χ0) is 13.5. The van der Waals surface area contributed by atoms with Crippen molar-refractivity contribution in [3.63, 3.8) is 0 Å². The molecule has 0 radical (unpaired) electrons. The Hall–Kier alpha value is -1.32. The van der Waals surface area contributed by atoms with Crippen molar-refractivity contribution in [1.29, 1.82) is 0 Å². The molecule has 4 nitrogen and oxygen atoms in total. The lowest BCUT2D eigenvalue weighted by Gasteiger charge is -2.28. The maximum Gasteiger partial charge on any atom is 0.237 e. The Morgan fingerprint density at radius 3 is 2.47 bits per heavy atom. The summed E-state index contributed by atoms with van der Waals surface area (Å²) >= 11 is 0. The largest absolute Gasteiger partial charge is 0.352 e. The molecule has 17 heavy (non-hydrogen) atoms. The van der Waals surface area contributed by atoms with Crippen LogP contribution >= 0.6 is 0 Å². The van der Waals surface area contributed by atoms with Crippen LogP contribution in [0.15, 0.2) is 12.7 Å². The number of hydrogen-bond acceptors (Lipinski definition) is 2. The Kier molecular flexibility index (Phi) is 6.54. The Bertz CT molecular complexity index is 285. The Labute approximate surface area is 104 Å². The number of carbonyl (C=O) groups is 2. The topological polar surface area (TPSA) is 49.4 Å². The van der Waals surface area contributed by atoms with E-state index in [9.17, 15) is 9.59 Å². The van der Waals surface area contributed by atoms with Crippen molar-refractivity contribution < 1.29 is 9.59 Å². The second kappa shape index (κ2) is 7.09. The average Bonchev–Trinajstić information content (AvgIpc) is 2.31. The summed E-state index contributed by atoms with van der Waals surface area (Å²) in [5.74, 6) is -0.404. The van der Waals surface area contributed by atoms with Crippen LogP contribution in [0.5, 0.6) is 0 Å². The van der Waals surface area contributed by atoms with Crippen molar-refractivity contribution in [1.82, 2.24) is 10.2 Å². The lowest BCUT2D eigenvalue weighted by molar-refractivity contribution is -0.147. The van der Waals surface area contributed by atoms with Crippen LogP contribution in [0.4, 0.5) is 0 Å². The fourth-order valence-corrected chi connectivity index (χ4v) is 1.46. The van der Waals surface area contributed by atoms with Crippen molar-refractivity contribution in [3.8, 4) is 0 Å². The monoisotopic (exact) mass is 240 g/mol. The molecule has 1 N–H and O–H groups in total. The van der Waals surface area contributed by atoms with Gasteiger partial charge in [0.05, 0.1) is 0 Å². The lowest BCUT2D eigenvalue weighted by atomic mass is 9.90. The van der Waals surface area contributed by atoms with Gasteiger partial charge in [-0.25, -0.2) is 0 Å². The molecule has 4 heteroatoms. The fraction of sp³-hybridized carbons (Fsp3) is 0.692. The molecule has 98 valence electrons. The van der Waals surface area contributed by atoms with Gasteiger partial charge in [0.1, 0.15) is 5.41 Å². The minimum atomic E-state index is -1.02. The predicted molar refractivity (Wildman–Crippen MR) is 69.5 cm³/mol. The fourth-order valence-electron chi connectivity index (χ4n) is 1.46. The molecule has 0 aromatic heterocycles. The van der Waals surface area contributed by atoms with E-state index >= 15 is 0 Å². The molecule has 0 rings (SSSR count). The SMILES string of the molecule is C=CCNC(=O)C(C)(C)C(=O)N(C)CCCC. The highest BCUT2D eigenvalue weighted by Crippen LogP contribution is 2.18. The van der Waals surface area contributed by atoms with Crippen LogP contribution in [0.25, 0.3) is 0 Å². The van der Waals surface area contributed by atoms with E-state index in [1.807, 2.05) is 0 Å². The van der Waals surface area contributed by atoms with E-state index in [1.54, 1.807) is 31.9 Å². The van der Waals surface area contributed by atoms with Gasteiger partial charge in [0, 0.05) is 20.1 Å². The molecule has 0 aliphatic carbocycles. The predicted octanol–water partition coefficient (Wildman–Crippen LogP) is 1.57. The van der Waals surface area contributed by atoms with Crippen LogP contribution in [0.1, 0.15) is 33.6 Å². The zero-order valence-electron chi connectivity index (χ0n) is 11.4. The second-order valence-corrected chi connectivity index (χ2v) is 4.70. The average molecular weight is 240 g/mol. The number of nitrogens with one attached hydrogen (secondary N) is 1. The molecule has 0 atom stereocenters. The number of rotatable bonds is 7. The smallest absolute Gasteiger partial charge is 0.237 e. The van der Waals surface area contributed by atoms with Crippen LogP contribution in [0, 0.1) is 5.41 Å². The second-order valence-electron chi connectivity index (χ2n) is 4.70. The first-order chi connectivity index (χ1) is 7.87. The zero-order valence-corrected chi connectivity index (χ0v) is 11.4. The minimum Gasteiger partial charge on any atom is -0.352 e. The van der Waals surface area contributed by atoms with Gasteiger partial charge in [-0.3, -0.25) is 9.59 Å². The molecular weight excluding hydrogens is 216 g/mol. The first kappa shape index (κ1) is 15.7. The summed E-state index contributed by atoms with van der Waals surface area (Å²) in [4.78, 5) is 25.6. The molecule has 0 saturated heterocycles. The number of hydrogen-bond donors (Lipinski definition) is 1. The molecule has 0 bridgehead atoms. The summed E-state index contributed by atoms with van der Waals surface area (Å²) < 4.78 is 0. The minimum absolute atomic E-state index is 0.146. The van der Waals surface area contributed by atoms with Gasteiger partial charge in [-0.2, -0.15) is 0 Å². The van der Waals surface area contributed by atoms with E-state index in [4.69, 9.17) is 0 Å². The maximum atomic E-state index is 12.1. The molecule has 0 aromatic carbocycles. The molecule has 0 fully saturated rings. The van der Waals surface area contributed by atoms with Crippen LogP contribution < -0.4 is 5.32 Å². The van der Waals surface area contributed by atoms with Gasteiger partial charge in [-0.05, 0) is 20.3 Å². The molecule has 2 amide bonds. The Morgan fingerprint density at radius 2 is 2.00 bits per heavy atom. The van der Waals surface area contributed by atoms with E-state index in [2.05, 4.69) is 18.8 Å². The van der Waals surface area contributed by atoms with E-state index in [0.717, 1.165) is 12.8 Å². The van der Waals surface area contributed by atoms with Gasteiger partial charge in [0.15, 0.2) is 0 Å². The van der Waals surface area contributed by atoms with E-state index in [0.29, 0.717) is 13.1 Å². The standard InChI is InChI=1S/C13H24N2O2/c1-6-8-10-15(5)12(17)13(3,4)11(16)14-9-7-2/h7H,2,6,8-10H2,1,3-5H3,(H,14,16). The molecule has 0 aliphatic heterocycles. The molecular formula is C13H24N2O2. The van der Waals surface area contributed by atoms with Gasteiger partial charge in [0.25, 0.3) is 0 Å². The van der Waals surface area contributed by atoms with E-state index < -0.39 is 5.41 Å². The highest BCUT2D eigenvalue weighted by molar-refractivity contribution is 6.04. The Morgan fingerprint density at radius 1 is 1.41 bits per heavy atom. The number of amides is 2. The van der Waals surface area contributed by atoms with Gasteiger partial charge in [-0.1, -0.05) is 19.4 Å². The van der Waals surface area contributed by atoms with E-state index in [-0.39, 0.29) is 11.8 Å². The van der Waals surface area contributed by atoms with Crippen LogP contribution in [-0.2, 0) is 9.59 Å².